The van der Waals surface area contributed by atoms with E-state index in [1.807, 2.05) is 21.0 Å². The molecule has 4 nitrogen and oxygen atoms in total. The second-order valence-corrected chi connectivity index (χ2v) is 6.25. The van der Waals surface area contributed by atoms with Gasteiger partial charge in [-0.3, -0.25) is 9.69 Å². The van der Waals surface area contributed by atoms with E-state index in [2.05, 4.69) is 41.0 Å². The van der Waals surface area contributed by atoms with Crippen molar-refractivity contribution >= 4 is 11.7 Å². The lowest BCUT2D eigenvalue weighted by Crippen LogP contribution is -2.32. The van der Waals surface area contributed by atoms with Crippen molar-refractivity contribution in [3.8, 4) is 0 Å². The van der Waals surface area contributed by atoms with Crippen molar-refractivity contribution in [2.75, 3.05) is 32.1 Å². The van der Waals surface area contributed by atoms with Crippen molar-refractivity contribution in [3.63, 3.8) is 0 Å². The van der Waals surface area contributed by atoms with Crippen molar-refractivity contribution in [2.45, 2.75) is 26.3 Å². The van der Waals surface area contributed by atoms with E-state index in [1.54, 1.807) is 0 Å². The molecule has 1 N–H and O–H groups in total. The van der Waals surface area contributed by atoms with Gasteiger partial charge in [-0.2, -0.15) is 0 Å². The van der Waals surface area contributed by atoms with Gasteiger partial charge in [-0.05, 0) is 44.5 Å². The summed E-state index contributed by atoms with van der Waals surface area (Å²) in [5.41, 5.74) is 1.82. The van der Waals surface area contributed by atoms with Crippen LogP contribution in [0.3, 0.4) is 0 Å². The molecule has 0 bridgehead atoms. The van der Waals surface area contributed by atoms with Gasteiger partial charge in [0.25, 0.3) is 0 Å². The molecule has 2 unspecified atom stereocenters. The summed E-state index contributed by atoms with van der Waals surface area (Å²) in [6, 6.07) is 8.75. The van der Waals surface area contributed by atoms with Gasteiger partial charge in [-0.15, -0.1) is 0 Å². The lowest BCUT2D eigenvalue weighted by Gasteiger charge is -2.26. The first kappa shape index (κ1) is 14.9. The summed E-state index contributed by atoms with van der Waals surface area (Å²) in [4.78, 5) is 15.7. The highest BCUT2D eigenvalue weighted by Gasteiger charge is 2.41. The number of carbonyl (C=O) groups is 1. The van der Waals surface area contributed by atoms with Crippen LogP contribution in [0.4, 0.5) is 5.69 Å². The highest BCUT2D eigenvalue weighted by atomic mass is 16.4. The Balaban J connectivity index is 2.09. The molecular weight excluding hydrogens is 252 g/mol. The molecule has 0 aliphatic carbocycles. The normalized spacial score (nSPS) is 24.6. The minimum Gasteiger partial charge on any atom is -0.481 e. The lowest BCUT2D eigenvalue weighted by atomic mass is 9.90. The first-order valence-corrected chi connectivity index (χ1v) is 7.08. The smallest absolute Gasteiger partial charge is 0.310 e. The zero-order valence-electron chi connectivity index (χ0n) is 12.8. The second kappa shape index (κ2) is 5.44. The fourth-order valence-electron chi connectivity index (χ4n) is 2.76. The third-order valence-electron chi connectivity index (χ3n) is 4.46. The van der Waals surface area contributed by atoms with Crippen LogP contribution in [0.1, 0.15) is 31.9 Å². The van der Waals surface area contributed by atoms with Gasteiger partial charge in [0.15, 0.2) is 0 Å². The molecule has 0 spiro atoms. The summed E-state index contributed by atoms with van der Waals surface area (Å²) < 4.78 is 0. The van der Waals surface area contributed by atoms with Crippen LogP contribution in [0.25, 0.3) is 0 Å². The van der Waals surface area contributed by atoms with Gasteiger partial charge >= 0.3 is 5.97 Å². The Bertz CT molecular complexity index is 484. The Labute approximate surface area is 121 Å². The van der Waals surface area contributed by atoms with Crippen molar-refractivity contribution in [2.24, 2.45) is 5.41 Å². The number of likely N-dealkylation sites (tertiary alicyclic amines) is 1. The number of anilines is 1. The molecule has 110 valence electrons. The maximum atomic E-state index is 11.3. The van der Waals surface area contributed by atoms with Gasteiger partial charge in [0.2, 0.25) is 0 Å². The van der Waals surface area contributed by atoms with E-state index >= 15 is 0 Å². The minimum absolute atomic E-state index is 0.257. The van der Waals surface area contributed by atoms with Crippen LogP contribution in [-0.2, 0) is 4.79 Å². The summed E-state index contributed by atoms with van der Waals surface area (Å²) in [5.74, 6) is -0.685. The first-order valence-electron chi connectivity index (χ1n) is 7.08. The number of carboxylic acids is 1. The van der Waals surface area contributed by atoms with Gasteiger partial charge in [-0.25, -0.2) is 0 Å². The lowest BCUT2D eigenvalue weighted by molar-refractivity contribution is -0.147. The van der Waals surface area contributed by atoms with Crippen LogP contribution in [0, 0.1) is 5.41 Å². The van der Waals surface area contributed by atoms with Crippen LogP contribution in [-0.4, -0.2) is 43.2 Å². The quantitative estimate of drug-likeness (QED) is 0.918. The largest absolute Gasteiger partial charge is 0.481 e. The van der Waals surface area contributed by atoms with Crippen LogP contribution < -0.4 is 4.90 Å². The molecule has 2 atom stereocenters. The fraction of sp³-hybridized carbons (Fsp3) is 0.562. The molecule has 1 aromatic rings. The molecule has 0 amide bonds. The maximum Gasteiger partial charge on any atom is 0.310 e. The molecule has 1 saturated heterocycles. The number of benzene rings is 1. The molecule has 0 aromatic heterocycles. The predicted octanol–water partition coefficient (Wildman–Crippen LogP) is 2.61. The molecule has 1 heterocycles. The van der Waals surface area contributed by atoms with Crippen molar-refractivity contribution in [1.29, 1.82) is 0 Å². The Morgan fingerprint density at radius 1 is 1.35 bits per heavy atom. The Kier molecular flexibility index (Phi) is 4.04. The summed E-state index contributed by atoms with van der Waals surface area (Å²) in [7, 11) is 4.05. The third kappa shape index (κ3) is 2.80. The summed E-state index contributed by atoms with van der Waals surface area (Å²) in [6.07, 6.45) is 0.725. The van der Waals surface area contributed by atoms with Crippen molar-refractivity contribution in [1.82, 2.24) is 4.90 Å². The van der Waals surface area contributed by atoms with Crippen LogP contribution in [0.15, 0.2) is 24.3 Å². The highest BCUT2D eigenvalue weighted by Crippen LogP contribution is 2.35. The number of nitrogens with zero attached hydrogens (tertiary/aromatic N) is 2. The number of aliphatic carboxylic acids is 1. The zero-order valence-corrected chi connectivity index (χ0v) is 12.8. The fourth-order valence-corrected chi connectivity index (χ4v) is 2.76. The monoisotopic (exact) mass is 276 g/mol. The van der Waals surface area contributed by atoms with E-state index in [9.17, 15) is 9.90 Å². The van der Waals surface area contributed by atoms with E-state index in [1.165, 1.54) is 11.3 Å². The molecule has 1 aromatic carbocycles. The predicted molar refractivity (Wildman–Crippen MR) is 81.1 cm³/mol. The number of hydrogen-bond acceptors (Lipinski definition) is 3. The molecule has 1 aliphatic rings. The summed E-state index contributed by atoms with van der Waals surface area (Å²) >= 11 is 0. The van der Waals surface area contributed by atoms with Crippen LogP contribution in [0.5, 0.6) is 0 Å². The van der Waals surface area contributed by atoms with Gasteiger partial charge < -0.3 is 10.0 Å². The standard InChI is InChI=1S/C16H24N2O2/c1-12(13-5-7-14(8-6-13)17(3)4)18-10-9-16(2,11-18)15(19)20/h5-8,12H,9-11H2,1-4H3,(H,19,20). The maximum absolute atomic E-state index is 11.3. The summed E-state index contributed by atoms with van der Waals surface area (Å²) in [6.45, 7) is 5.47. The number of hydrogen-bond donors (Lipinski definition) is 1. The zero-order chi connectivity index (χ0) is 14.9. The molecule has 0 radical (unpaired) electrons. The number of rotatable bonds is 4. The molecule has 2 rings (SSSR count). The average molecular weight is 276 g/mol. The van der Waals surface area contributed by atoms with E-state index in [4.69, 9.17) is 0 Å². The van der Waals surface area contributed by atoms with Gasteiger partial charge in [0.05, 0.1) is 5.41 Å². The Morgan fingerprint density at radius 2 is 1.95 bits per heavy atom. The van der Waals surface area contributed by atoms with Crippen LogP contribution in [0.2, 0.25) is 0 Å². The van der Waals surface area contributed by atoms with Crippen LogP contribution >= 0.6 is 0 Å². The van der Waals surface area contributed by atoms with E-state index < -0.39 is 11.4 Å². The minimum atomic E-state index is -0.685. The third-order valence-corrected chi connectivity index (χ3v) is 4.46. The van der Waals surface area contributed by atoms with Gasteiger partial charge in [0, 0.05) is 32.4 Å². The molecule has 4 heteroatoms. The molecular formula is C16H24N2O2. The van der Waals surface area contributed by atoms with E-state index in [-0.39, 0.29) is 6.04 Å². The second-order valence-electron chi connectivity index (χ2n) is 6.25. The topological polar surface area (TPSA) is 43.8 Å². The molecule has 1 aliphatic heterocycles. The van der Waals surface area contributed by atoms with E-state index in [0.29, 0.717) is 6.54 Å². The first-order chi connectivity index (χ1) is 9.33. The molecule has 0 saturated carbocycles. The highest BCUT2D eigenvalue weighted by molar-refractivity contribution is 5.74. The van der Waals surface area contributed by atoms with Gasteiger partial charge in [0.1, 0.15) is 0 Å². The van der Waals surface area contributed by atoms with Crippen molar-refractivity contribution in [3.05, 3.63) is 29.8 Å². The summed E-state index contributed by atoms with van der Waals surface area (Å²) in [5, 5.41) is 9.31. The Hall–Kier alpha value is -1.55. The molecule has 1 fully saturated rings. The molecule has 20 heavy (non-hydrogen) atoms. The van der Waals surface area contributed by atoms with E-state index in [0.717, 1.165) is 13.0 Å². The Morgan fingerprint density at radius 3 is 2.40 bits per heavy atom. The van der Waals surface area contributed by atoms with Gasteiger partial charge in [-0.1, -0.05) is 12.1 Å². The average Bonchev–Trinajstić information content (AvgIpc) is 2.82. The SMILES string of the molecule is CC(c1ccc(N(C)C)cc1)N1CCC(C)(C(=O)O)C1. The number of carboxylic acid groups (broad SMARTS) is 1. The van der Waals surface area contributed by atoms with Crippen molar-refractivity contribution < 1.29 is 9.90 Å².